The van der Waals surface area contributed by atoms with Gasteiger partial charge in [-0.25, -0.2) is 4.79 Å². The highest BCUT2D eigenvalue weighted by molar-refractivity contribution is 6.33. The molecule has 0 radical (unpaired) electrons. The number of anilines is 1. The SMILES string of the molecule is O=C(NCCc1ccccc1)Nc1cc(C(F)(F)F)ccc1Cl. The molecule has 0 heterocycles. The van der Waals surface area contributed by atoms with Crippen molar-refractivity contribution >= 4 is 23.3 Å². The number of urea groups is 1. The standard InChI is InChI=1S/C16H14ClF3N2O/c17-13-7-6-12(16(18,19)20)10-14(13)22-15(23)21-9-8-11-4-2-1-3-5-11/h1-7,10H,8-9H2,(H2,21,22,23). The lowest BCUT2D eigenvalue weighted by Crippen LogP contribution is -2.30. The molecule has 2 rings (SSSR count). The number of carbonyl (C=O) groups excluding carboxylic acids is 1. The number of benzene rings is 2. The van der Waals surface area contributed by atoms with E-state index in [1.54, 1.807) is 0 Å². The van der Waals surface area contributed by atoms with Crippen LogP contribution in [0.25, 0.3) is 0 Å². The van der Waals surface area contributed by atoms with E-state index < -0.39 is 17.8 Å². The zero-order valence-electron chi connectivity index (χ0n) is 12.0. The van der Waals surface area contributed by atoms with Crippen molar-refractivity contribution in [1.82, 2.24) is 5.32 Å². The molecule has 2 N–H and O–H groups in total. The summed E-state index contributed by atoms with van der Waals surface area (Å²) in [7, 11) is 0. The Balaban J connectivity index is 1.92. The van der Waals surface area contributed by atoms with Gasteiger partial charge in [0.05, 0.1) is 16.3 Å². The molecule has 0 aromatic heterocycles. The molecule has 0 saturated carbocycles. The number of hydrogen-bond acceptors (Lipinski definition) is 1. The summed E-state index contributed by atoms with van der Waals surface area (Å²) in [6.45, 7) is 0.354. The zero-order valence-corrected chi connectivity index (χ0v) is 12.7. The smallest absolute Gasteiger partial charge is 0.338 e. The number of alkyl halides is 3. The summed E-state index contributed by atoms with van der Waals surface area (Å²) in [5, 5.41) is 4.94. The van der Waals surface area contributed by atoms with Crippen molar-refractivity contribution in [1.29, 1.82) is 0 Å². The third-order valence-corrected chi connectivity index (χ3v) is 3.41. The summed E-state index contributed by atoms with van der Waals surface area (Å²) in [5.41, 5.74) is 0.0880. The van der Waals surface area contributed by atoms with Gasteiger partial charge in [0.1, 0.15) is 0 Å². The van der Waals surface area contributed by atoms with Gasteiger partial charge in [0.25, 0.3) is 0 Å². The van der Waals surface area contributed by atoms with Gasteiger partial charge in [-0.15, -0.1) is 0 Å². The van der Waals surface area contributed by atoms with Gasteiger partial charge in [0, 0.05) is 6.54 Å². The lowest BCUT2D eigenvalue weighted by atomic mass is 10.1. The molecule has 0 unspecified atom stereocenters. The molecule has 0 atom stereocenters. The molecule has 2 aromatic rings. The van der Waals surface area contributed by atoms with Crippen molar-refractivity contribution in [3.05, 3.63) is 64.7 Å². The van der Waals surface area contributed by atoms with E-state index in [2.05, 4.69) is 10.6 Å². The van der Waals surface area contributed by atoms with Gasteiger partial charge >= 0.3 is 12.2 Å². The number of hydrogen-bond donors (Lipinski definition) is 2. The first-order chi connectivity index (χ1) is 10.9. The molecule has 2 amide bonds. The lowest BCUT2D eigenvalue weighted by Gasteiger charge is -2.12. The molecule has 0 bridgehead atoms. The second kappa shape index (κ2) is 7.37. The van der Waals surface area contributed by atoms with E-state index in [4.69, 9.17) is 11.6 Å². The van der Waals surface area contributed by atoms with Crippen LogP contribution in [0.3, 0.4) is 0 Å². The highest BCUT2D eigenvalue weighted by atomic mass is 35.5. The van der Waals surface area contributed by atoms with Crippen molar-refractivity contribution in [2.45, 2.75) is 12.6 Å². The van der Waals surface area contributed by atoms with Crippen molar-refractivity contribution < 1.29 is 18.0 Å². The number of amides is 2. The molecule has 0 aliphatic rings. The highest BCUT2D eigenvalue weighted by Gasteiger charge is 2.31. The third-order valence-electron chi connectivity index (χ3n) is 3.08. The Labute approximate surface area is 136 Å². The van der Waals surface area contributed by atoms with Crippen LogP contribution in [0.2, 0.25) is 5.02 Å². The molecule has 3 nitrogen and oxygen atoms in total. The minimum absolute atomic E-state index is 0.0382. The lowest BCUT2D eigenvalue weighted by molar-refractivity contribution is -0.137. The largest absolute Gasteiger partial charge is 0.416 e. The quantitative estimate of drug-likeness (QED) is 0.829. The monoisotopic (exact) mass is 342 g/mol. The fourth-order valence-electron chi connectivity index (χ4n) is 1.93. The Hall–Kier alpha value is -2.21. The van der Waals surface area contributed by atoms with Gasteiger partial charge in [-0.1, -0.05) is 41.9 Å². The number of rotatable bonds is 4. The maximum absolute atomic E-state index is 12.7. The topological polar surface area (TPSA) is 41.1 Å². The molecule has 0 fully saturated rings. The minimum atomic E-state index is -4.50. The van der Waals surface area contributed by atoms with E-state index in [1.807, 2.05) is 30.3 Å². The fraction of sp³-hybridized carbons (Fsp3) is 0.188. The van der Waals surface area contributed by atoms with Crippen molar-refractivity contribution in [2.75, 3.05) is 11.9 Å². The first-order valence-electron chi connectivity index (χ1n) is 6.82. The predicted octanol–water partition coefficient (Wildman–Crippen LogP) is 4.72. The minimum Gasteiger partial charge on any atom is -0.338 e. The van der Waals surface area contributed by atoms with E-state index in [1.165, 1.54) is 0 Å². The van der Waals surface area contributed by atoms with Crippen LogP contribution >= 0.6 is 11.6 Å². The average Bonchev–Trinajstić information content (AvgIpc) is 2.49. The van der Waals surface area contributed by atoms with E-state index in [0.29, 0.717) is 13.0 Å². The van der Waals surface area contributed by atoms with Gasteiger partial charge in [-0.2, -0.15) is 13.2 Å². The van der Waals surface area contributed by atoms with E-state index in [-0.39, 0.29) is 10.7 Å². The van der Waals surface area contributed by atoms with Crippen LogP contribution in [-0.2, 0) is 12.6 Å². The van der Waals surface area contributed by atoms with Crippen LogP contribution in [0.5, 0.6) is 0 Å². The van der Waals surface area contributed by atoms with Crippen LogP contribution in [0.15, 0.2) is 48.5 Å². The summed E-state index contributed by atoms with van der Waals surface area (Å²) in [4.78, 5) is 11.8. The molecular formula is C16H14ClF3N2O. The van der Waals surface area contributed by atoms with Crippen LogP contribution in [0.4, 0.5) is 23.7 Å². The molecule has 0 aliphatic heterocycles. The van der Waals surface area contributed by atoms with Gasteiger partial charge in [0.15, 0.2) is 0 Å². The van der Waals surface area contributed by atoms with Crippen LogP contribution in [-0.4, -0.2) is 12.6 Å². The molecular weight excluding hydrogens is 329 g/mol. The molecule has 2 aromatic carbocycles. The van der Waals surface area contributed by atoms with Crippen molar-refractivity contribution in [3.8, 4) is 0 Å². The summed E-state index contributed by atoms with van der Waals surface area (Å²) in [6, 6.07) is 11.7. The molecule has 0 aliphatic carbocycles. The molecule has 122 valence electrons. The zero-order chi connectivity index (χ0) is 16.9. The maximum atomic E-state index is 12.7. The Kier molecular flexibility index (Phi) is 5.50. The van der Waals surface area contributed by atoms with Crippen molar-refractivity contribution in [2.24, 2.45) is 0 Å². The summed E-state index contributed by atoms with van der Waals surface area (Å²) < 4.78 is 38.0. The van der Waals surface area contributed by atoms with E-state index in [0.717, 1.165) is 23.8 Å². The summed E-state index contributed by atoms with van der Waals surface area (Å²) >= 11 is 5.81. The molecule has 7 heteroatoms. The van der Waals surface area contributed by atoms with Crippen molar-refractivity contribution in [3.63, 3.8) is 0 Å². The average molecular weight is 343 g/mol. The van der Waals surface area contributed by atoms with Gasteiger partial charge in [0.2, 0.25) is 0 Å². The molecule has 0 saturated heterocycles. The summed E-state index contributed by atoms with van der Waals surface area (Å²) in [5.74, 6) is 0. The predicted molar refractivity (Wildman–Crippen MR) is 83.6 cm³/mol. The Morgan fingerprint density at radius 1 is 1.09 bits per heavy atom. The number of carbonyl (C=O) groups is 1. The molecule has 0 spiro atoms. The highest BCUT2D eigenvalue weighted by Crippen LogP contribution is 2.33. The van der Waals surface area contributed by atoms with Crippen LogP contribution in [0, 0.1) is 0 Å². The Morgan fingerprint density at radius 2 is 1.78 bits per heavy atom. The molecule has 23 heavy (non-hydrogen) atoms. The van der Waals surface area contributed by atoms with E-state index >= 15 is 0 Å². The van der Waals surface area contributed by atoms with Gasteiger partial charge < -0.3 is 10.6 Å². The van der Waals surface area contributed by atoms with Gasteiger partial charge in [-0.05, 0) is 30.2 Å². The Bertz CT molecular complexity index is 675. The first-order valence-corrected chi connectivity index (χ1v) is 7.19. The normalized spacial score (nSPS) is 11.1. The number of nitrogens with one attached hydrogen (secondary N) is 2. The van der Waals surface area contributed by atoms with E-state index in [9.17, 15) is 18.0 Å². The third kappa shape index (κ3) is 5.17. The Morgan fingerprint density at radius 3 is 2.43 bits per heavy atom. The maximum Gasteiger partial charge on any atom is 0.416 e. The first kappa shape index (κ1) is 17.1. The second-order valence-electron chi connectivity index (χ2n) is 4.81. The summed E-state index contributed by atoms with van der Waals surface area (Å²) in [6.07, 6.45) is -3.88. The van der Waals surface area contributed by atoms with Crippen LogP contribution < -0.4 is 10.6 Å². The second-order valence-corrected chi connectivity index (χ2v) is 5.22. The van der Waals surface area contributed by atoms with Crippen LogP contribution in [0.1, 0.15) is 11.1 Å². The van der Waals surface area contributed by atoms with Gasteiger partial charge in [-0.3, -0.25) is 0 Å². The fourth-order valence-corrected chi connectivity index (χ4v) is 2.09. The number of halogens is 4.